The second kappa shape index (κ2) is 10.5. The third kappa shape index (κ3) is 5.14. The number of hydrogen-bond donors (Lipinski definition) is 2. The zero-order valence-electron chi connectivity index (χ0n) is 18.9. The Hall–Kier alpha value is -3.61. The zero-order valence-corrected chi connectivity index (χ0v) is 19.7. The molecule has 3 aromatic rings. The highest BCUT2D eigenvalue weighted by molar-refractivity contribution is 6.32. The Morgan fingerprint density at radius 2 is 1.97 bits per heavy atom. The van der Waals surface area contributed by atoms with E-state index in [1.807, 2.05) is 22.9 Å². The SMILES string of the molecule is COc1cc(OC)c(-c2cn3cc(C#CCCNC(=O)O)c(N4CCOCC4)cc3n2)cc1Cl. The molecule has 3 heterocycles. The van der Waals surface area contributed by atoms with Crippen LogP contribution >= 0.6 is 11.6 Å². The average molecular weight is 485 g/mol. The van der Waals surface area contributed by atoms with Crippen molar-refractivity contribution in [2.45, 2.75) is 6.42 Å². The Morgan fingerprint density at radius 1 is 1.21 bits per heavy atom. The quantitative estimate of drug-likeness (QED) is 0.408. The Balaban J connectivity index is 1.74. The van der Waals surface area contributed by atoms with Crippen LogP contribution in [0.3, 0.4) is 0 Å². The van der Waals surface area contributed by atoms with Crippen molar-refractivity contribution in [1.82, 2.24) is 14.7 Å². The van der Waals surface area contributed by atoms with E-state index in [4.69, 9.17) is 35.9 Å². The fourth-order valence-corrected chi connectivity index (χ4v) is 4.01. The summed E-state index contributed by atoms with van der Waals surface area (Å²) < 4.78 is 18.3. The highest BCUT2D eigenvalue weighted by Crippen LogP contribution is 2.38. The van der Waals surface area contributed by atoms with Crippen molar-refractivity contribution in [1.29, 1.82) is 0 Å². The molecule has 2 N–H and O–H groups in total. The van der Waals surface area contributed by atoms with E-state index in [1.54, 1.807) is 26.4 Å². The summed E-state index contributed by atoms with van der Waals surface area (Å²) in [6.07, 6.45) is 3.18. The minimum atomic E-state index is -1.06. The first kappa shape index (κ1) is 23.5. The molecule has 9 nitrogen and oxygen atoms in total. The van der Waals surface area contributed by atoms with Crippen molar-refractivity contribution in [2.24, 2.45) is 0 Å². The van der Waals surface area contributed by atoms with E-state index in [1.165, 1.54) is 0 Å². The molecule has 0 unspecified atom stereocenters. The lowest BCUT2D eigenvalue weighted by Gasteiger charge is -2.29. The average Bonchev–Trinajstić information content (AvgIpc) is 3.26. The maximum Gasteiger partial charge on any atom is 0.404 e. The summed E-state index contributed by atoms with van der Waals surface area (Å²) in [7, 11) is 3.14. The number of halogens is 1. The topological polar surface area (TPSA) is 97.6 Å². The van der Waals surface area contributed by atoms with Crippen molar-refractivity contribution >= 4 is 29.0 Å². The van der Waals surface area contributed by atoms with Crippen LogP contribution in [0, 0.1) is 11.8 Å². The Labute approximate surface area is 202 Å². The molecule has 1 aliphatic heterocycles. The number of aromatic nitrogens is 2. The number of carboxylic acid groups (broad SMARTS) is 1. The van der Waals surface area contributed by atoms with Crippen molar-refractivity contribution in [3.8, 4) is 34.6 Å². The lowest BCUT2D eigenvalue weighted by atomic mass is 10.1. The van der Waals surface area contributed by atoms with E-state index in [-0.39, 0.29) is 6.54 Å². The summed E-state index contributed by atoms with van der Waals surface area (Å²) in [5.74, 6) is 7.38. The summed E-state index contributed by atoms with van der Waals surface area (Å²) >= 11 is 6.37. The highest BCUT2D eigenvalue weighted by Gasteiger charge is 2.18. The number of fused-ring (bicyclic) bond motifs is 1. The molecule has 0 spiro atoms. The number of rotatable bonds is 6. The van der Waals surface area contributed by atoms with Crippen LogP contribution in [0.5, 0.6) is 11.5 Å². The van der Waals surface area contributed by atoms with Gasteiger partial charge in [-0.05, 0) is 6.07 Å². The molecule has 1 amide bonds. The van der Waals surface area contributed by atoms with Gasteiger partial charge in [0.2, 0.25) is 0 Å². The number of anilines is 1. The predicted octanol–water partition coefficient (Wildman–Crippen LogP) is 3.52. The van der Waals surface area contributed by atoms with Crippen LogP contribution in [0.1, 0.15) is 12.0 Å². The maximum absolute atomic E-state index is 10.6. The highest BCUT2D eigenvalue weighted by atomic mass is 35.5. The molecule has 1 aliphatic rings. The molecule has 10 heteroatoms. The molecule has 178 valence electrons. The summed E-state index contributed by atoms with van der Waals surface area (Å²) in [4.78, 5) is 17.7. The Bertz CT molecular complexity index is 1260. The number of carbonyl (C=O) groups is 1. The normalized spacial score (nSPS) is 13.3. The fourth-order valence-electron chi connectivity index (χ4n) is 3.77. The second-order valence-electron chi connectivity index (χ2n) is 7.53. The minimum absolute atomic E-state index is 0.269. The van der Waals surface area contributed by atoms with E-state index in [2.05, 4.69) is 22.1 Å². The lowest BCUT2D eigenvalue weighted by Crippen LogP contribution is -2.36. The molecule has 0 saturated carbocycles. The van der Waals surface area contributed by atoms with Gasteiger partial charge in [-0.1, -0.05) is 23.4 Å². The van der Waals surface area contributed by atoms with Gasteiger partial charge in [0.05, 0.1) is 49.4 Å². The number of nitrogens with zero attached hydrogens (tertiary/aromatic N) is 3. The third-order valence-electron chi connectivity index (χ3n) is 5.42. The monoisotopic (exact) mass is 484 g/mol. The molecule has 0 aliphatic carbocycles. The van der Waals surface area contributed by atoms with Gasteiger partial charge in [0.25, 0.3) is 0 Å². The molecular weight excluding hydrogens is 460 g/mol. The van der Waals surface area contributed by atoms with E-state index >= 15 is 0 Å². The number of pyridine rings is 1. The number of ether oxygens (including phenoxy) is 3. The van der Waals surface area contributed by atoms with Crippen molar-refractivity contribution in [3.63, 3.8) is 0 Å². The largest absolute Gasteiger partial charge is 0.496 e. The minimum Gasteiger partial charge on any atom is -0.496 e. The molecule has 4 rings (SSSR count). The van der Waals surface area contributed by atoms with Crippen LogP contribution in [0.15, 0.2) is 30.6 Å². The second-order valence-corrected chi connectivity index (χ2v) is 7.94. The van der Waals surface area contributed by atoms with E-state index in [0.29, 0.717) is 41.9 Å². The van der Waals surface area contributed by atoms with Gasteiger partial charge in [-0.25, -0.2) is 9.78 Å². The van der Waals surface area contributed by atoms with Crippen molar-refractivity contribution in [2.75, 3.05) is 52.0 Å². The van der Waals surface area contributed by atoms with Gasteiger partial charge in [0, 0.05) is 56.1 Å². The molecule has 1 fully saturated rings. The van der Waals surface area contributed by atoms with Crippen LogP contribution in [-0.2, 0) is 4.74 Å². The molecule has 0 bridgehead atoms. The first-order chi connectivity index (χ1) is 16.5. The number of methoxy groups -OCH3 is 2. The van der Waals surface area contributed by atoms with Crippen molar-refractivity contribution < 1.29 is 24.1 Å². The van der Waals surface area contributed by atoms with Gasteiger partial charge in [0.1, 0.15) is 17.1 Å². The summed E-state index contributed by atoms with van der Waals surface area (Å²) in [6.45, 7) is 3.05. The molecule has 0 atom stereocenters. The van der Waals surface area contributed by atoms with Crippen LogP contribution in [-0.4, -0.2) is 67.7 Å². The molecule has 34 heavy (non-hydrogen) atoms. The number of morpholine rings is 1. The third-order valence-corrected chi connectivity index (χ3v) is 5.72. The molecular formula is C24H25ClN4O5. The van der Waals surface area contributed by atoms with Gasteiger partial charge in [-0.15, -0.1) is 0 Å². The number of hydrogen-bond acceptors (Lipinski definition) is 6. The zero-order chi connectivity index (χ0) is 24.1. The lowest BCUT2D eigenvalue weighted by molar-refractivity contribution is 0.122. The van der Waals surface area contributed by atoms with Gasteiger partial charge >= 0.3 is 6.09 Å². The number of nitrogens with one attached hydrogen (secondary N) is 1. The Kier molecular flexibility index (Phi) is 7.30. The van der Waals surface area contributed by atoms with Crippen LogP contribution < -0.4 is 19.7 Å². The molecule has 1 aromatic carbocycles. The molecule has 1 saturated heterocycles. The van der Waals surface area contributed by atoms with E-state index < -0.39 is 6.09 Å². The van der Waals surface area contributed by atoms with Crippen molar-refractivity contribution in [3.05, 3.63) is 41.2 Å². The first-order valence-corrected chi connectivity index (χ1v) is 11.1. The van der Waals surface area contributed by atoms with E-state index in [9.17, 15) is 4.79 Å². The molecule has 0 radical (unpaired) electrons. The van der Waals surface area contributed by atoms with Gasteiger partial charge in [-0.3, -0.25) is 0 Å². The standard InChI is InChI=1S/C24H25ClN4O5/c1-32-21-13-22(33-2)18(25)11-17(21)19-15-29-14-16(5-3-4-6-26-24(30)31)20(12-23(29)27-19)28-7-9-34-10-8-28/h11-15,26H,4,6-10H2,1-2H3,(H,30,31). The Morgan fingerprint density at radius 3 is 2.68 bits per heavy atom. The van der Waals surface area contributed by atoms with Gasteiger partial charge < -0.3 is 33.9 Å². The summed E-state index contributed by atoms with van der Waals surface area (Å²) in [5.41, 5.74) is 3.99. The fraction of sp³-hybridized carbons (Fsp3) is 0.333. The number of amides is 1. The van der Waals surface area contributed by atoms with Gasteiger partial charge in [0.15, 0.2) is 0 Å². The first-order valence-electron chi connectivity index (χ1n) is 10.7. The smallest absolute Gasteiger partial charge is 0.404 e. The maximum atomic E-state index is 10.6. The number of imidazole rings is 1. The van der Waals surface area contributed by atoms with Crippen LogP contribution in [0.2, 0.25) is 5.02 Å². The summed E-state index contributed by atoms with van der Waals surface area (Å²) in [6, 6.07) is 5.52. The molecule has 2 aromatic heterocycles. The van der Waals surface area contributed by atoms with E-state index in [0.717, 1.165) is 35.6 Å². The van der Waals surface area contributed by atoms with Gasteiger partial charge in [-0.2, -0.15) is 0 Å². The van der Waals surface area contributed by atoms with Crippen LogP contribution in [0.4, 0.5) is 10.5 Å². The summed E-state index contributed by atoms with van der Waals surface area (Å²) in [5, 5.41) is 11.5. The predicted molar refractivity (Wildman–Crippen MR) is 129 cm³/mol. The number of benzene rings is 1. The van der Waals surface area contributed by atoms with Crippen LogP contribution in [0.25, 0.3) is 16.9 Å².